The zero-order valence-electron chi connectivity index (χ0n) is 16.0. The van der Waals surface area contributed by atoms with Gasteiger partial charge in [0.05, 0.1) is 18.4 Å². The third-order valence-electron chi connectivity index (χ3n) is 5.31. The number of hydrogen-bond donors (Lipinski definition) is 0. The molecule has 1 aliphatic rings. The number of sulfonamides is 1. The molecule has 0 bridgehead atoms. The molecule has 28 heavy (non-hydrogen) atoms. The number of benzene rings is 2. The van der Waals surface area contributed by atoms with Crippen LogP contribution in [0.25, 0.3) is 0 Å². The Hall–Kier alpha value is -2.25. The van der Waals surface area contributed by atoms with E-state index in [9.17, 15) is 17.6 Å². The van der Waals surface area contributed by atoms with Crippen LogP contribution in [0.5, 0.6) is 0 Å². The molecule has 5 nitrogen and oxygen atoms in total. The quantitative estimate of drug-likeness (QED) is 0.715. The highest BCUT2D eigenvalue weighted by Gasteiger charge is 2.37. The lowest BCUT2D eigenvalue weighted by atomic mass is 9.85. The molecule has 2 unspecified atom stereocenters. The largest absolute Gasteiger partial charge is 0.469 e. The van der Waals surface area contributed by atoms with Crippen LogP contribution in [0.2, 0.25) is 0 Å². The highest BCUT2D eigenvalue weighted by Crippen LogP contribution is 2.36. The first-order valence-corrected chi connectivity index (χ1v) is 10.7. The fraction of sp³-hybridized carbons (Fsp3) is 0.381. The standard InChI is InChI=1S/C21H24FNO4S/c1-15-20(17-6-3-5-16(13-17)14-21(24)27-2)7-4-12-23(15)28(25,26)19-10-8-18(22)9-11-19/h3,5-6,8-11,13,15,20H,4,7,12,14H2,1-2H3. The second-order valence-corrected chi connectivity index (χ2v) is 8.95. The maximum absolute atomic E-state index is 13.2. The number of carbonyl (C=O) groups excluding carboxylic acids is 1. The van der Waals surface area contributed by atoms with Crippen molar-refractivity contribution >= 4 is 16.0 Å². The minimum atomic E-state index is -3.71. The molecular formula is C21H24FNO4S. The SMILES string of the molecule is COC(=O)Cc1cccc(C2CCCN(S(=O)(=O)c3ccc(F)cc3)C2C)c1. The van der Waals surface area contributed by atoms with Crippen molar-refractivity contribution in [3.05, 3.63) is 65.5 Å². The van der Waals surface area contributed by atoms with Gasteiger partial charge in [-0.1, -0.05) is 24.3 Å². The highest BCUT2D eigenvalue weighted by atomic mass is 32.2. The number of carbonyl (C=O) groups is 1. The van der Waals surface area contributed by atoms with Crippen molar-refractivity contribution in [3.8, 4) is 0 Å². The van der Waals surface area contributed by atoms with Crippen LogP contribution in [0, 0.1) is 5.82 Å². The van der Waals surface area contributed by atoms with E-state index in [1.807, 2.05) is 31.2 Å². The molecule has 150 valence electrons. The molecule has 1 heterocycles. The van der Waals surface area contributed by atoms with Crippen molar-refractivity contribution in [1.29, 1.82) is 0 Å². The van der Waals surface area contributed by atoms with E-state index in [2.05, 4.69) is 0 Å². The average Bonchev–Trinajstić information content (AvgIpc) is 2.68. The second kappa shape index (κ2) is 8.41. The van der Waals surface area contributed by atoms with E-state index in [1.165, 1.54) is 23.5 Å². The smallest absolute Gasteiger partial charge is 0.309 e. The van der Waals surface area contributed by atoms with Crippen molar-refractivity contribution in [1.82, 2.24) is 4.31 Å². The van der Waals surface area contributed by atoms with Crippen LogP contribution >= 0.6 is 0 Å². The molecule has 0 radical (unpaired) electrons. The first-order chi connectivity index (χ1) is 13.3. The summed E-state index contributed by atoms with van der Waals surface area (Å²) in [5.74, 6) is -0.762. The van der Waals surface area contributed by atoms with Crippen LogP contribution in [0.3, 0.4) is 0 Å². The van der Waals surface area contributed by atoms with Gasteiger partial charge in [0.25, 0.3) is 0 Å². The summed E-state index contributed by atoms with van der Waals surface area (Å²) in [5, 5.41) is 0. The Bertz CT molecular complexity index is 943. The lowest BCUT2D eigenvalue weighted by Gasteiger charge is -2.38. The lowest BCUT2D eigenvalue weighted by molar-refractivity contribution is -0.139. The Morgan fingerprint density at radius 3 is 2.61 bits per heavy atom. The monoisotopic (exact) mass is 405 g/mol. The van der Waals surface area contributed by atoms with E-state index in [0.29, 0.717) is 6.54 Å². The van der Waals surface area contributed by atoms with Crippen LogP contribution < -0.4 is 0 Å². The fourth-order valence-electron chi connectivity index (χ4n) is 3.81. The third-order valence-corrected chi connectivity index (χ3v) is 7.31. The van der Waals surface area contributed by atoms with Crippen molar-refractivity contribution in [2.75, 3.05) is 13.7 Å². The molecule has 2 atom stereocenters. The molecule has 1 fully saturated rings. The summed E-state index contributed by atoms with van der Waals surface area (Å²) in [5.41, 5.74) is 1.85. The predicted molar refractivity (Wildman–Crippen MR) is 104 cm³/mol. The summed E-state index contributed by atoms with van der Waals surface area (Å²) in [7, 11) is -2.35. The van der Waals surface area contributed by atoms with Gasteiger partial charge in [-0.2, -0.15) is 4.31 Å². The number of piperidine rings is 1. The Morgan fingerprint density at radius 2 is 1.93 bits per heavy atom. The molecule has 0 aromatic heterocycles. The lowest BCUT2D eigenvalue weighted by Crippen LogP contribution is -2.45. The summed E-state index contributed by atoms with van der Waals surface area (Å²) in [6, 6.07) is 12.3. The fourth-order valence-corrected chi connectivity index (χ4v) is 5.52. The number of methoxy groups -OCH3 is 1. The van der Waals surface area contributed by atoms with Gasteiger partial charge in [-0.3, -0.25) is 4.79 Å². The first-order valence-electron chi connectivity index (χ1n) is 9.26. The van der Waals surface area contributed by atoms with E-state index in [-0.39, 0.29) is 29.2 Å². The normalized spacial score (nSPS) is 20.7. The van der Waals surface area contributed by atoms with Gasteiger partial charge in [0.15, 0.2) is 0 Å². The summed E-state index contributed by atoms with van der Waals surface area (Å²) in [6.07, 6.45) is 1.78. The molecule has 3 rings (SSSR count). The number of esters is 1. The molecule has 2 aromatic carbocycles. The number of rotatable bonds is 5. The summed E-state index contributed by atoms with van der Waals surface area (Å²) in [6.45, 7) is 2.33. The van der Waals surface area contributed by atoms with Crippen LogP contribution in [0.4, 0.5) is 4.39 Å². The molecule has 2 aromatic rings. The van der Waals surface area contributed by atoms with Crippen molar-refractivity contribution in [2.45, 2.75) is 43.0 Å². The van der Waals surface area contributed by atoms with Gasteiger partial charge in [0.1, 0.15) is 5.82 Å². The van der Waals surface area contributed by atoms with Gasteiger partial charge in [-0.15, -0.1) is 0 Å². The van der Waals surface area contributed by atoms with E-state index >= 15 is 0 Å². The summed E-state index contributed by atoms with van der Waals surface area (Å²) < 4.78 is 45.6. The van der Waals surface area contributed by atoms with E-state index < -0.39 is 15.8 Å². The van der Waals surface area contributed by atoms with Crippen molar-refractivity contribution in [3.63, 3.8) is 0 Å². The zero-order chi connectivity index (χ0) is 20.3. The van der Waals surface area contributed by atoms with Crippen molar-refractivity contribution in [2.24, 2.45) is 0 Å². The molecule has 1 saturated heterocycles. The number of ether oxygens (including phenoxy) is 1. The molecule has 1 aliphatic heterocycles. The molecule has 0 aliphatic carbocycles. The molecule has 0 saturated carbocycles. The van der Waals surface area contributed by atoms with Gasteiger partial charge in [0.2, 0.25) is 10.0 Å². The van der Waals surface area contributed by atoms with Gasteiger partial charge < -0.3 is 4.74 Å². The molecule has 7 heteroatoms. The molecular weight excluding hydrogens is 381 g/mol. The predicted octanol–water partition coefficient (Wildman–Crippen LogP) is 3.50. The second-order valence-electron chi connectivity index (χ2n) is 7.06. The third kappa shape index (κ3) is 4.25. The zero-order valence-corrected chi connectivity index (χ0v) is 16.8. The van der Waals surface area contributed by atoms with Crippen LogP contribution in [-0.4, -0.2) is 38.4 Å². The van der Waals surface area contributed by atoms with Gasteiger partial charge in [-0.05, 0) is 55.2 Å². The Balaban J connectivity index is 1.86. The summed E-state index contributed by atoms with van der Waals surface area (Å²) >= 11 is 0. The van der Waals surface area contributed by atoms with Crippen LogP contribution in [-0.2, 0) is 26.0 Å². The Labute approximate surface area is 165 Å². The van der Waals surface area contributed by atoms with Gasteiger partial charge >= 0.3 is 5.97 Å². The van der Waals surface area contributed by atoms with Gasteiger partial charge in [-0.25, -0.2) is 12.8 Å². The topological polar surface area (TPSA) is 63.7 Å². The highest BCUT2D eigenvalue weighted by molar-refractivity contribution is 7.89. The summed E-state index contributed by atoms with van der Waals surface area (Å²) in [4.78, 5) is 11.7. The number of hydrogen-bond acceptors (Lipinski definition) is 4. The number of nitrogens with zero attached hydrogens (tertiary/aromatic N) is 1. The van der Waals surface area contributed by atoms with E-state index in [1.54, 1.807) is 0 Å². The molecule has 0 amide bonds. The van der Waals surface area contributed by atoms with Gasteiger partial charge in [0, 0.05) is 18.5 Å². The number of halogens is 1. The van der Waals surface area contributed by atoms with Crippen LogP contribution in [0.15, 0.2) is 53.4 Å². The average molecular weight is 405 g/mol. The maximum atomic E-state index is 13.2. The maximum Gasteiger partial charge on any atom is 0.309 e. The minimum Gasteiger partial charge on any atom is -0.469 e. The Kier molecular flexibility index (Phi) is 6.15. The minimum absolute atomic E-state index is 0.0153. The first kappa shape index (κ1) is 20.5. The Morgan fingerprint density at radius 1 is 1.21 bits per heavy atom. The van der Waals surface area contributed by atoms with Crippen LogP contribution in [0.1, 0.15) is 36.8 Å². The van der Waals surface area contributed by atoms with E-state index in [4.69, 9.17) is 4.74 Å². The van der Waals surface area contributed by atoms with Crippen molar-refractivity contribution < 1.29 is 22.3 Å². The molecule has 0 spiro atoms. The van der Waals surface area contributed by atoms with E-state index in [0.717, 1.165) is 36.1 Å². The molecule has 0 N–H and O–H groups in total.